The maximum Gasteiger partial charge on any atom is 0.305 e. The second-order valence-corrected chi connectivity index (χ2v) is 8.79. The predicted molar refractivity (Wildman–Crippen MR) is 127 cm³/mol. The van der Waals surface area contributed by atoms with Crippen LogP contribution in [0.2, 0.25) is 0 Å². The Hall–Kier alpha value is -0.570. The summed E-state index contributed by atoms with van der Waals surface area (Å²) in [5.74, 6) is 0.596. The van der Waals surface area contributed by atoms with E-state index in [4.69, 9.17) is 4.74 Å². The van der Waals surface area contributed by atoms with Gasteiger partial charge in [-0.2, -0.15) is 0 Å². The minimum absolute atomic E-state index is 0.0225. The minimum atomic E-state index is 0.0225. The van der Waals surface area contributed by atoms with E-state index in [-0.39, 0.29) is 5.97 Å². The lowest BCUT2D eigenvalue weighted by molar-refractivity contribution is -0.145. The van der Waals surface area contributed by atoms with E-state index < -0.39 is 0 Å². The Kier molecular flexibility index (Phi) is 21.7. The quantitative estimate of drug-likeness (QED) is 0.135. The van der Waals surface area contributed by atoms with Crippen LogP contribution in [0.5, 0.6) is 0 Å². The van der Waals surface area contributed by atoms with Gasteiger partial charge in [0, 0.05) is 6.42 Å². The molecule has 0 aromatic heterocycles. The van der Waals surface area contributed by atoms with Crippen molar-refractivity contribution in [1.82, 2.24) is 4.90 Å². The zero-order valence-electron chi connectivity index (χ0n) is 20.5. The predicted octanol–water partition coefficient (Wildman–Crippen LogP) is 7.77. The first-order valence-electron chi connectivity index (χ1n) is 13.1. The number of hydrogen-bond donors (Lipinski definition) is 0. The van der Waals surface area contributed by atoms with E-state index in [0.717, 1.165) is 32.5 Å². The molecule has 0 aromatic carbocycles. The van der Waals surface area contributed by atoms with Gasteiger partial charge in [0.1, 0.15) is 0 Å². The molecule has 1 atom stereocenters. The van der Waals surface area contributed by atoms with Gasteiger partial charge in [0.15, 0.2) is 0 Å². The average molecular weight is 412 g/mol. The molecule has 0 aliphatic rings. The number of hydrogen-bond acceptors (Lipinski definition) is 3. The van der Waals surface area contributed by atoms with E-state index >= 15 is 0 Å². The van der Waals surface area contributed by atoms with Crippen LogP contribution in [0.25, 0.3) is 0 Å². The van der Waals surface area contributed by atoms with Gasteiger partial charge in [-0.15, -0.1) is 0 Å². The molecule has 3 nitrogen and oxygen atoms in total. The van der Waals surface area contributed by atoms with Crippen molar-refractivity contribution in [3.05, 3.63) is 0 Å². The summed E-state index contributed by atoms with van der Waals surface area (Å²) in [5.41, 5.74) is 0. The van der Waals surface area contributed by atoms with Crippen molar-refractivity contribution in [3.63, 3.8) is 0 Å². The molecule has 3 heteroatoms. The molecule has 0 saturated carbocycles. The van der Waals surface area contributed by atoms with E-state index in [9.17, 15) is 4.79 Å². The van der Waals surface area contributed by atoms with Gasteiger partial charge in [0.2, 0.25) is 0 Å². The summed E-state index contributed by atoms with van der Waals surface area (Å²) in [6.07, 6.45) is 19.6. The molecular weight excluding hydrogens is 358 g/mol. The third kappa shape index (κ3) is 19.2. The molecule has 0 aliphatic carbocycles. The highest BCUT2D eigenvalue weighted by atomic mass is 16.5. The van der Waals surface area contributed by atoms with Gasteiger partial charge in [-0.3, -0.25) is 4.79 Å². The second-order valence-electron chi connectivity index (χ2n) is 8.79. The lowest BCUT2D eigenvalue weighted by Gasteiger charge is -2.18. The molecule has 0 spiro atoms. The molecule has 0 aromatic rings. The van der Waals surface area contributed by atoms with Crippen LogP contribution in [-0.2, 0) is 9.53 Å². The van der Waals surface area contributed by atoms with Crippen molar-refractivity contribution in [2.24, 2.45) is 5.92 Å². The number of ether oxygens (including phenoxy) is 1. The Balaban J connectivity index is 3.96. The van der Waals surface area contributed by atoms with Crippen molar-refractivity contribution < 1.29 is 9.53 Å². The number of carbonyl (C=O) groups excluding carboxylic acids is 1. The second kappa shape index (κ2) is 22.1. The Morgan fingerprint density at radius 3 is 1.79 bits per heavy atom. The molecule has 0 fully saturated rings. The number of nitrogens with zero attached hydrogens (tertiary/aromatic N) is 1. The first kappa shape index (κ1) is 28.4. The summed E-state index contributed by atoms with van der Waals surface area (Å²) in [4.78, 5) is 14.6. The summed E-state index contributed by atoms with van der Waals surface area (Å²) in [6.45, 7) is 13.0. The Labute approximate surface area is 183 Å². The Morgan fingerprint density at radius 2 is 1.21 bits per heavy atom. The molecule has 0 N–H and O–H groups in total. The number of esters is 1. The van der Waals surface area contributed by atoms with E-state index in [2.05, 4.69) is 32.6 Å². The van der Waals surface area contributed by atoms with Crippen molar-refractivity contribution >= 4 is 5.97 Å². The van der Waals surface area contributed by atoms with Crippen molar-refractivity contribution in [3.8, 4) is 0 Å². The van der Waals surface area contributed by atoms with Crippen molar-refractivity contribution in [1.29, 1.82) is 0 Å². The van der Waals surface area contributed by atoms with Gasteiger partial charge in [-0.05, 0) is 51.2 Å². The van der Waals surface area contributed by atoms with Crippen LogP contribution in [-0.4, -0.2) is 37.1 Å². The smallest absolute Gasteiger partial charge is 0.305 e. The van der Waals surface area contributed by atoms with Gasteiger partial charge < -0.3 is 9.64 Å². The van der Waals surface area contributed by atoms with Gasteiger partial charge in [0.25, 0.3) is 0 Å². The van der Waals surface area contributed by atoms with E-state index in [1.807, 2.05) is 0 Å². The summed E-state index contributed by atoms with van der Waals surface area (Å²) >= 11 is 0. The fourth-order valence-electron chi connectivity index (χ4n) is 3.99. The van der Waals surface area contributed by atoms with Crippen LogP contribution in [0, 0.1) is 5.92 Å². The highest BCUT2D eigenvalue weighted by molar-refractivity contribution is 5.69. The van der Waals surface area contributed by atoms with Crippen molar-refractivity contribution in [2.45, 2.75) is 130 Å². The molecule has 174 valence electrons. The van der Waals surface area contributed by atoms with Gasteiger partial charge in [0.05, 0.1) is 6.61 Å². The van der Waals surface area contributed by atoms with Gasteiger partial charge in [-0.1, -0.05) is 98.3 Å². The Bertz CT molecular complexity index is 342. The van der Waals surface area contributed by atoms with Crippen LogP contribution in [0.4, 0.5) is 0 Å². The zero-order valence-corrected chi connectivity index (χ0v) is 20.5. The molecule has 0 amide bonds. The summed E-state index contributed by atoms with van der Waals surface area (Å²) in [6, 6.07) is 0. The normalized spacial score (nSPS) is 12.4. The molecule has 1 unspecified atom stereocenters. The van der Waals surface area contributed by atoms with Crippen LogP contribution in [0.1, 0.15) is 130 Å². The summed E-state index contributed by atoms with van der Waals surface area (Å²) in [7, 11) is 0. The largest absolute Gasteiger partial charge is 0.465 e. The van der Waals surface area contributed by atoms with E-state index in [1.54, 1.807) is 0 Å². The van der Waals surface area contributed by atoms with Crippen molar-refractivity contribution in [2.75, 3.05) is 26.2 Å². The van der Waals surface area contributed by atoms with Crippen LogP contribution >= 0.6 is 0 Å². The maximum atomic E-state index is 12.1. The monoisotopic (exact) mass is 411 g/mol. The lowest BCUT2D eigenvalue weighted by Crippen LogP contribution is -2.23. The first-order valence-corrected chi connectivity index (χ1v) is 13.1. The number of carbonyl (C=O) groups is 1. The summed E-state index contributed by atoms with van der Waals surface area (Å²) in [5, 5.41) is 0. The van der Waals surface area contributed by atoms with Crippen LogP contribution in [0.3, 0.4) is 0 Å². The number of unbranched alkanes of at least 4 members (excludes halogenated alkanes) is 10. The Morgan fingerprint density at radius 1 is 0.690 bits per heavy atom. The van der Waals surface area contributed by atoms with Gasteiger partial charge >= 0.3 is 5.97 Å². The minimum Gasteiger partial charge on any atom is -0.465 e. The molecule has 0 aliphatic heterocycles. The third-order valence-corrected chi connectivity index (χ3v) is 6.16. The zero-order chi connectivity index (χ0) is 21.6. The molecule has 0 saturated heterocycles. The van der Waals surface area contributed by atoms with E-state index in [1.165, 1.54) is 83.5 Å². The van der Waals surface area contributed by atoms with Crippen LogP contribution < -0.4 is 0 Å². The maximum absolute atomic E-state index is 12.1. The molecule has 0 rings (SSSR count). The molecule has 0 bridgehead atoms. The highest BCUT2D eigenvalue weighted by Gasteiger charge is 2.12. The molecule has 29 heavy (non-hydrogen) atoms. The van der Waals surface area contributed by atoms with E-state index in [0.29, 0.717) is 18.9 Å². The topological polar surface area (TPSA) is 29.5 Å². The first-order chi connectivity index (χ1) is 14.2. The summed E-state index contributed by atoms with van der Waals surface area (Å²) < 4.78 is 5.68. The van der Waals surface area contributed by atoms with Gasteiger partial charge in [-0.25, -0.2) is 0 Å². The molecular formula is C26H53NO2. The standard InChI is InChI=1S/C26H53NO2/c1-5-9-11-13-14-17-21-25(20-16-12-10-6-2)24-29-26(28)22-18-15-19-23-27(7-3)8-4/h25H,5-24H2,1-4H3. The fourth-order valence-corrected chi connectivity index (χ4v) is 3.99. The molecule has 0 radical (unpaired) electrons. The lowest BCUT2D eigenvalue weighted by atomic mass is 9.95. The van der Waals surface area contributed by atoms with Crippen LogP contribution in [0.15, 0.2) is 0 Å². The molecule has 0 heterocycles. The fraction of sp³-hybridized carbons (Fsp3) is 0.962. The highest BCUT2D eigenvalue weighted by Crippen LogP contribution is 2.19. The number of rotatable bonds is 22. The third-order valence-electron chi connectivity index (χ3n) is 6.16. The average Bonchev–Trinajstić information content (AvgIpc) is 2.73. The SMILES string of the molecule is CCCCCCCCC(CCCCCC)COC(=O)CCCCCN(CC)CC.